The summed E-state index contributed by atoms with van der Waals surface area (Å²) in [6, 6.07) is 3.39. The van der Waals surface area contributed by atoms with E-state index in [1.54, 1.807) is 0 Å². The first-order chi connectivity index (χ1) is 7.97. The molecular weight excluding hydrogens is 245 g/mol. The average molecular weight is 255 g/mol. The molecule has 0 radical (unpaired) electrons. The Morgan fingerprint density at radius 1 is 1.29 bits per heavy atom. The molecule has 17 heavy (non-hydrogen) atoms. The number of rotatable bonds is 0. The average Bonchev–Trinajstić information content (AvgIpc) is 2.17. The molecule has 1 saturated carbocycles. The number of halogens is 1. The van der Waals surface area contributed by atoms with Gasteiger partial charge in [0.05, 0.1) is 10.6 Å². The Bertz CT molecular complexity index is 620. The van der Waals surface area contributed by atoms with Crippen LogP contribution in [0.2, 0.25) is 0 Å². The Labute approximate surface area is 97.7 Å². The summed E-state index contributed by atoms with van der Waals surface area (Å²) in [6.07, 6.45) is 1.34. The summed E-state index contributed by atoms with van der Waals surface area (Å²) in [7, 11) is -3.77. The summed E-state index contributed by atoms with van der Waals surface area (Å²) in [5.41, 5.74) is 0.175. The first kappa shape index (κ1) is 10.7. The fourth-order valence-corrected chi connectivity index (χ4v) is 4.60. The Morgan fingerprint density at radius 3 is 2.59 bits per heavy atom. The van der Waals surface area contributed by atoms with Crippen LogP contribution in [0.1, 0.15) is 19.3 Å². The molecule has 1 aromatic rings. The van der Waals surface area contributed by atoms with Crippen LogP contribution in [0.5, 0.6) is 0 Å². The van der Waals surface area contributed by atoms with Gasteiger partial charge in [-0.15, -0.1) is 0 Å². The summed E-state index contributed by atoms with van der Waals surface area (Å²) in [5.74, 6) is -1.10. The summed E-state index contributed by atoms with van der Waals surface area (Å²) in [4.78, 5) is 11.8. The zero-order valence-electron chi connectivity index (χ0n) is 8.86. The molecule has 6 heteroatoms. The van der Waals surface area contributed by atoms with E-state index in [-0.39, 0.29) is 10.6 Å². The van der Waals surface area contributed by atoms with Gasteiger partial charge in [-0.25, -0.2) is 12.8 Å². The smallest absolute Gasteiger partial charge is 0.246 e. The topological polar surface area (TPSA) is 63.2 Å². The molecule has 90 valence electrons. The first-order valence-electron chi connectivity index (χ1n) is 5.33. The van der Waals surface area contributed by atoms with E-state index in [9.17, 15) is 17.6 Å². The van der Waals surface area contributed by atoms with Gasteiger partial charge in [-0.3, -0.25) is 4.79 Å². The molecule has 0 saturated heterocycles. The van der Waals surface area contributed by atoms with Gasteiger partial charge in [0.2, 0.25) is 5.91 Å². The molecule has 0 atom stereocenters. The number of nitrogens with one attached hydrogen (secondary N) is 1. The van der Waals surface area contributed by atoms with Crippen molar-refractivity contribution in [3.8, 4) is 0 Å². The Balaban J connectivity index is 2.29. The molecule has 1 aliphatic carbocycles. The minimum Gasteiger partial charge on any atom is -0.324 e. The summed E-state index contributed by atoms with van der Waals surface area (Å²) in [5, 5.41) is 2.55. The highest BCUT2D eigenvalue weighted by Crippen LogP contribution is 2.48. The predicted molar refractivity (Wildman–Crippen MR) is 58.8 cm³/mol. The molecule has 1 spiro atoms. The monoisotopic (exact) mass is 255 g/mol. The zero-order chi connectivity index (χ0) is 12.3. The van der Waals surface area contributed by atoms with E-state index >= 15 is 0 Å². The van der Waals surface area contributed by atoms with Crippen LogP contribution in [0.3, 0.4) is 0 Å². The van der Waals surface area contributed by atoms with Crippen molar-refractivity contribution in [2.45, 2.75) is 28.9 Å². The lowest BCUT2D eigenvalue weighted by Crippen LogP contribution is -2.57. The van der Waals surface area contributed by atoms with Crippen molar-refractivity contribution in [2.75, 3.05) is 5.32 Å². The Hall–Kier alpha value is -1.43. The van der Waals surface area contributed by atoms with Gasteiger partial charge >= 0.3 is 0 Å². The lowest BCUT2D eigenvalue weighted by atomic mass is 9.83. The predicted octanol–water partition coefficient (Wildman–Crippen LogP) is 1.47. The third-order valence-corrected chi connectivity index (χ3v) is 6.11. The van der Waals surface area contributed by atoms with Gasteiger partial charge in [-0.05, 0) is 37.5 Å². The standard InChI is InChI=1S/C11H10FNO3S/c12-7-2-3-8-9(6-7)17(15,16)11(4-1-5-11)10(14)13-8/h2-3,6H,1,4-5H2,(H,13,14). The van der Waals surface area contributed by atoms with Crippen LogP contribution in [0, 0.1) is 5.82 Å². The molecule has 4 nitrogen and oxygen atoms in total. The maximum absolute atomic E-state index is 13.1. The summed E-state index contributed by atoms with van der Waals surface area (Å²) in [6.45, 7) is 0. The Kier molecular flexibility index (Phi) is 1.93. The SMILES string of the molecule is O=C1Nc2ccc(F)cc2S(=O)(=O)C12CCC2. The molecular formula is C11H10FNO3S. The number of carbonyl (C=O) groups excluding carboxylic acids is 1. The fraction of sp³-hybridized carbons (Fsp3) is 0.364. The van der Waals surface area contributed by atoms with Gasteiger partial charge in [-0.1, -0.05) is 0 Å². The van der Waals surface area contributed by atoms with Crippen molar-refractivity contribution in [1.82, 2.24) is 0 Å². The highest BCUT2D eigenvalue weighted by molar-refractivity contribution is 7.94. The van der Waals surface area contributed by atoms with Crippen LogP contribution in [0.4, 0.5) is 10.1 Å². The largest absolute Gasteiger partial charge is 0.324 e. The van der Waals surface area contributed by atoms with Crippen molar-refractivity contribution in [2.24, 2.45) is 0 Å². The number of carbonyl (C=O) groups is 1. The van der Waals surface area contributed by atoms with E-state index < -0.39 is 26.3 Å². The van der Waals surface area contributed by atoms with Crippen LogP contribution in [-0.4, -0.2) is 19.1 Å². The number of hydrogen-bond donors (Lipinski definition) is 1. The van der Waals surface area contributed by atoms with E-state index in [1.165, 1.54) is 6.07 Å². The highest BCUT2D eigenvalue weighted by Gasteiger charge is 2.58. The van der Waals surface area contributed by atoms with E-state index in [0.29, 0.717) is 19.3 Å². The van der Waals surface area contributed by atoms with E-state index in [0.717, 1.165) is 12.1 Å². The van der Waals surface area contributed by atoms with Gasteiger partial charge < -0.3 is 5.32 Å². The molecule has 1 amide bonds. The maximum Gasteiger partial charge on any atom is 0.246 e. The van der Waals surface area contributed by atoms with Gasteiger partial charge in [0.1, 0.15) is 5.82 Å². The minimum absolute atomic E-state index is 0.100. The molecule has 1 fully saturated rings. The minimum atomic E-state index is -3.77. The normalized spacial score (nSPS) is 23.7. The molecule has 3 rings (SSSR count). The van der Waals surface area contributed by atoms with Crippen molar-refractivity contribution in [3.05, 3.63) is 24.0 Å². The van der Waals surface area contributed by atoms with Crippen molar-refractivity contribution in [3.63, 3.8) is 0 Å². The summed E-state index contributed by atoms with van der Waals surface area (Å²) < 4.78 is 36.5. The maximum atomic E-state index is 13.1. The second kappa shape index (κ2) is 3.07. The Morgan fingerprint density at radius 2 is 2.00 bits per heavy atom. The van der Waals surface area contributed by atoms with Crippen LogP contribution in [0.15, 0.2) is 23.1 Å². The number of benzene rings is 1. The molecule has 1 aromatic carbocycles. The van der Waals surface area contributed by atoms with Crippen molar-refractivity contribution >= 4 is 21.4 Å². The molecule has 1 heterocycles. The first-order valence-corrected chi connectivity index (χ1v) is 6.81. The number of hydrogen-bond acceptors (Lipinski definition) is 3. The van der Waals surface area contributed by atoms with Crippen LogP contribution in [-0.2, 0) is 14.6 Å². The quantitative estimate of drug-likeness (QED) is 0.763. The highest BCUT2D eigenvalue weighted by atomic mass is 32.2. The van der Waals surface area contributed by atoms with Crippen LogP contribution < -0.4 is 5.32 Å². The molecule has 1 aliphatic heterocycles. The van der Waals surface area contributed by atoms with Crippen LogP contribution >= 0.6 is 0 Å². The van der Waals surface area contributed by atoms with E-state index in [2.05, 4.69) is 5.32 Å². The second-order valence-corrected chi connectivity index (χ2v) is 6.67. The number of anilines is 1. The molecule has 0 aromatic heterocycles. The van der Waals surface area contributed by atoms with E-state index in [4.69, 9.17) is 0 Å². The molecule has 0 unspecified atom stereocenters. The molecule has 2 aliphatic rings. The molecule has 0 bridgehead atoms. The van der Waals surface area contributed by atoms with Gasteiger partial charge in [0.25, 0.3) is 0 Å². The van der Waals surface area contributed by atoms with E-state index in [1.807, 2.05) is 0 Å². The number of sulfone groups is 1. The van der Waals surface area contributed by atoms with Gasteiger partial charge in [0.15, 0.2) is 14.6 Å². The van der Waals surface area contributed by atoms with Gasteiger partial charge in [0, 0.05) is 0 Å². The lowest BCUT2D eigenvalue weighted by molar-refractivity contribution is -0.120. The van der Waals surface area contributed by atoms with Crippen LogP contribution in [0.25, 0.3) is 0 Å². The fourth-order valence-electron chi connectivity index (χ4n) is 2.38. The number of amides is 1. The zero-order valence-corrected chi connectivity index (χ0v) is 9.68. The third-order valence-electron chi connectivity index (χ3n) is 3.57. The lowest BCUT2D eigenvalue weighted by Gasteiger charge is -2.42. The second-order valence-electron chi connectivity index (χ2n) is 4.45. The summed E-state index contributed by atoms with van der Waals surface area (Å²) >= 11 is 0. The number of fused-ring (bicyclic) bond motifs is 1. The molecule has 1 N–H and O–H groups in total. The van der Waals surface area contributed by atoms with Gasteiger partial charge in [-0.2, -0.15) is 0 Å². The van der Waals surface area contributed by atoms with Crippen molar-refractivity contribution < 1.29 is 17.6 Å². The third kappa shape index (κ3) is 1.16. The van der Waals surface area contributed by atoms with Crippen molar-refractivity contribution in [1.29, 1.82) is 0 Å².